The first-order valence-electron chi connectivity index (χ1n) is 5.90. The number of methoxy groups -OCH3 is 1. The summed E-state index contributed by atoms with van der Waals surface area (Å²) in [5, 5.41) is 10.6. The minimum Gasteiger partial charge on any atom is -0.497 e. The van der Waals surface area contributed by atoms with Gasteiger partial charge >= 0.3 is 0 Å². The van der Waals surface area contributed by atoms with Crippen LogP contribution in [0.5, 0.6) is 5.75 Å². The molecular weight excluding hydrogens is 286 g/mol. The van der Waals surface area contributed by atoms with Crippen molar-refractivity contribution in [2.24, 2.45) is 0 Å². The Morgan fingerprint density at radius 3 is 2.20 bits per heavy atom. The minimum atomic E-state index is -1.43. The first kappa shape index (κ1) is 14.8. The van der Waals surface area contributed by atoms with Crippen LogP contribution in [0.2, 0.25) is 5.02 Å². The van der Waals surface area contributed by atoms with Gasteiger partial charge in [-0.15, -0.1) is 0 Å². The van der Waals surface area contributed by atoms with E-state index in [1.54, 1.807) is 19.1 Å². The second-order valence-corrected chi connectivity index (χ2v) is 4.91. The number of aryl methyl sites for hydroxylation is 1. The van der Waals surface area contributed by atoms with Crippen LogP contribution in [-0.4, -0.2) is 12.2 Å². The fourth-order valence-corrected chi connectivity index (χ4v) is 2.33. The molecule has 0 heterocycles. The van der Waals surface area contributed by atoms with Crippen LogP contribution in [-0.2, 0) is 0 Å². The van der Waals surface area contributed by atoms with Gasteiger partial charge in [0.2, 0.25) is 0 Å². The van der Waals surface area contributed by atoms with E-state index in [0.717, 1.165) is 17.7 Å². The fourth-order valence-electron chi connectivity index (χ4n) is 2.03. The zero-order valence-electron chi connectivity index (χ0n) is 11.0. The predicted octanol–water partition coefficient (Wildman–Crippen LogP) is 4.02. The molecule has 20 heavy (non-hydrogen) atoms. The Balaban J connectivity index is 2.50. The van der Waals surface area contributed by atoms with Gasteiger partial charge in [-0.1, -0.05) is 17.7 Å². The average Bonchev–Trinajstić information content (AvgIpc) is 2.36. The smallest absolute Gasteiger partial charge is 0.135 e. The van der Waals surface area contributed by atoms with Crippen LogP contribution < -0.4 is 4.74 Å². The second kappa shape index (κ2) is 5.77. The van der Waals surface area contributed by atoms with Gasteiger partial charge in [-0.3, -0.25) is 0 Å². The van der Waals surface area contributed by atoms with Crippen molar-refractivity contribution < 1.29 is 18.6 Å². The van der Waals surface area contributed by atoms with Crippen molar-refractivity contribution in [2.75, 3.05) is 7.11 Å². The summed E-state index contributed by atoms with van der Waals surface area (Å²) in [6.45, 7) is 1.78. The summed E-state index contributed by atoms with van der Waals surface area (Å²) in [5.41, 5.74) is 0.700. The molecule has 0 spiro atoms. The molecule has 1 unspecified atom stereocenters. The SMILES string of the molecule is COc1cc(F)c(C(O)c2cc(C)cc(Cl)c2)c(F)c1. The number of aliphatic hydroxyl groups excluding tert-OH is 1. The maximum Gasteiger partial charge on any atom is 0.135 e. The van der Waals surface area contributed by atoms with Crippen molar-refractivity contribution in [2.45, 2.75) is 13.0 Å². The number of benzene rings is 2. The maximum atomic E-state index is 13.9. The second-order valence-electron chi connectivity index (χ2n) is 4.47. The van der Waals surface area contributed by atoms with E-state index >= 15 is 0 Å². The van der Waals surface area contributed by atoms with E-state index in [2.05, 4.69) is 0 Å². The van der Waals surface area contributed by atoms with Gasteiger partial charge in [-0.2, -0.15) is 0 Å². The van der Waals surface area contributed by atoms with Crippen LogP contribution in [0.25, 0.3) is 0 Å². The van der Waals surface area contributed by atoms with Crippen LogP contribution in [0, 0.1) is 18.6 Å². The molecule has 2 rings (SSSR count). The average molecular weight is 299 g/mol. The third-order valence-corrected chi connectivity index (χ3v) is 3.16. The highest BCUT2D eigenvalue weighted by Crippen LogP contribution is 2.31. The lowest BCUT2D eigenvalue weighted by Gasteiger charge is -2.15. The zero-order valence-corrected chi connectivity index (χ0v) is 11.7. The van der Waals surface area contributed by atoms with E-state index in [1.807, 2.05) is 0 Å². The maximum absolute atomic E-state index is 13.9. The van der Waals surface area contributed by atoms with E-state index in [0.29, 0.717) is 10.6 Å². The number of halogens is 3. The monoisotopic (exact) mass is 298 g/mol. The van der Waals surface area contributed by atoms with Crippen LogP contribution >= 0.6 is 11.6 Å². The first-order chi connectivity index (χ1) is 9.42. The van der Waals surface area contributed by atoms with E-state index in [4.69, 9.17) is 16.3 Å². The number of aliphatic hydroxyl groups is 1. The Labute approximate surface area is 120 Å². The van der Waals surface area contributed by atoms with Crippen LogP contribution in [0.4, 0.5) is 8.78 Å². The van der Waals surface area contributed by atoms with Gasteiger partial charge in [0.15, 0.2) is 0 Å². The molecule has 2 nitrogen and oxygen atoms in total. The van der Waals surface area contributed by atoms with Crippen LogP contribution in [0.1, 0.15) is 22.8 Å². The van der Waals surface area contributed by atoms with Gasteiger partial charge in [-0.05, 0) is 30.2 Å². The summed E-state index contributed by atoms with van der Waals surface area (Å²) in [5.74, 6) is -1.68. The predicted molar refractivity (Wildman–Crippen MR) is 73.2 cm³/mol. The molecule has 0 saturated heterocycles. The highest BCUT2D eigenvalue weighted by Gasteiger charge is 2.21. The summed E-state index contributed by atoms with van der Waals surface area (Å²) in [6.07, 6.45) is -1.43. The lowest BCUT2D eigenvalue weighted by molar-refractivity contribution is 0.208. The molecule has 2 aromatic rings. The quantitative estimate of drug-likeness (QED) is 0.927. The van der Waals surface area contributed by atoms with E-state index < -0.39 is 23.3 Å². The van der Waals surface area contributed by atoms with Crippen LogP contribution in [0.3, 0.4) is 0 Å². The fraction of sp³-hybridized carbons (Fsp3) is 0.200. The molecule has 0 saturated carbocycles. The first-order valence-corrected chi connectivity index (χ1v) is 6.28. The number of hydrogen-bond acceptors (Lipinski definition) is 2. The Hall–Kier alpha value is -1.65. The van der Waals surface area contributed by atoms with Gasteiger partial charge in [0.25, 0.3) is 0 Å². The number of hydrogen-bond donors (Lipinski definition) is 1. The van der Waals surface area contributed by atoms with Gasteiger partial charge < -0.3 is 9.84 Å². The molecule has 0 radical (unpaired) electrons. The molecule has 0 aromatic heterocycles. The summed E-state index contributed by atoms with van der Waals surface area (Å²) in [7, 11) is 1.31. The molecule has 106 valence electrons. The molecule has 1 N–H and O–H groups in total. The molecule has 5 heteroatoms. The van der Waals surface area contributed by atoms with Crippen LogP contribution in [0.15, 0.2) is 30.3 Å². The summed E-state index contributed by atoms with van der Waals surface area (Å²) >= 11 is 5.89. The lowest BCUT2D eigenvalue weighted by atomic mass is 9.99. The van der Waals surface area contributed by atoms with Gasteiger partial charge in [0.05, 0.1) is 12.7 Å². The van der Waals surface area contributed by atoms with E-state index in [9.17, 15) is 13.9 Å². The molecule has 1 atom stereocenters. The van der Waals surface area contributed by atoms with Crippen molar-refractivity contribution in [3.63, 3.8) is 0 Å². The normalized spacial score (nSPS) is 12.3. The lowest BCUT2D eigenvalue weighted by Crippen LogP contribution is -2.06. The molecule has 0 aliphatic rings. The molecule has 0 fully saturated rings. The van der Waals surface area contributed by atoms with Crippen molar-refractivity contribution in [3.8, 4) is 5.75 Å². The van der Waals surface area contributed by atoms with Gasteiger partial charge in [-0.25, -0.2) is 8.78 Å². The molecule has 0 amide bonds. The summed E-state index contributed by atoms with van der Waals surface area (Å²) in [6, 6.07) is 6.85. The van der Waals surface area contributed by atoms with Crippen molar-refractivity contribution in [1.29, 1.82) is 0 Å². The minimum absolute atomic E-state index is 0.0539. The van der Waals surface area contributed by atoms with Crippen molar-refractivity contribution in [3.05, 3.63) is 63.7 Å². The number of rotatable bonds is 3. The Morgan fingerprint density at radius 2 is 1.70 bits per heavy atom. The zero-order chi connectivity index (χ0) is 14.9. The molecule has 0 aliphatic heterocycles. The van der Waals surface area contributed by atoms with Gasteiger partial charge in [0.1, 0.15) is 23.5 Å². The largest absolute Gasteiger partial charge is 0.497 e. The van der Waals surface area contributed by atoms with Crippen molar-refractivity contribution in [1.82, 2.24) is 0 Å². The Kier molecular flexibility index (Phi) is 4.26. The summed E-state index contributed by atoms with van der Waals surface area (Å²) in [4.78, 5) is 0. The van der Waals surface area contributed by atoms with Gasteiger partial charge in [0, 0.05) is 17.2 Å². The third-order valence-electron chi connectivity index (χ3n) is 2.94. The standard InChI is InChI=1S/C15H13ClF2O2/c1-8-3-9(5-10(16)4-8)15(19)14-12(17)6-11(20-2)7-13(14)18/h3-7,15,19H,1-2H3. The van der Waals surface area contributed by atoms with Crippen molar-refractivity contribution >= 4 is 11.6 Å². The molecular formula is C15H13ClF2O2. The summed E-state index contributed by atoms with van der Waals surface area (Å²) < 4.78 is 32.6. The number of ether oxygens (including phenoxy) is 1. The highest BCUT2D eigenvalue weighted by molar-refractivity contribution is 6.30. The molecule has 2 aromatic carbocycles. The highest BCUT2D eigenvalue weighted by atomic mass is 35.5. The van der Waals surface area contributed by atoms with E-state index in [1.165, 1.54) is 13.2 Å². The Morgan fingerprint density at radius 1 is 1.10 bits per heavy atom. The molecule has 0 bridgehead atoms. The molecule has 0 aliphatic carbocycles. The third kappa shape index (κ3) is 2.92. The topological polar surface area (TPSA) is 29.5 Å². The Bertz CT molecular complexity index is 601. The van der Waals surface area contributed by atoms with E-state index in [-0.39, 0.29) is 5.75 Å².